The van der Waals surface area contributed by atoms with Gasteiger partial charge in [-0.2, -0.15) is 0 Å². The molecule has 2 aliphatic carbocycles. The van der Waals surface area contributed by atoms with Crippen LogP contribution in [0, 0.1) is 0 Å². The molecule has 0 aromatic heterocycles. The maximum absolute atomic E-state index is 12.9. The van der Waals surface area contributed by atoms with Gasteiger partial charge in [-0.05, 0) is 33.1 Å². The predicted octanol–water partition coefficient (Wildman–Crippen LogP) is 4.01. The SMILES string of the molecule is C=C(C)CC1=C(C(C)=O)C2=C(CC1)C(=O)c1ccccc1C2=O. The van der Waals surface area contributed by atoms with Crippen molar-refractivity contribution in [3.8, 4) is 0 Å². The lowest BCUT2D eigenvalue weighted by atomic mass is 9.73. The van der Waals surface area contributed by atoms with Crippen molar-refractivity contribution in [1.82, 2.24) is 0 Å². The fraction of sp³-hybridized carbons (Fsp3) is 0.250. The number of ketones is 3. The fourth-order valence-corrected chi connectivity index (χ4v) is 3.47. The summed E-state index contributed by atoms with van der Waals surface area (Å²) in [7, 11) is 0. The van der Waals surface area contributed by atoms with Gasteiger partial charge in [0.25, 0.3) is 0 Å². The molecule has 0 saturated carbocycles. The van der Waals surface area contributed by atoms with Crippen LogP contribution in [0.4, 0.5) is 0 Å². The van der Waals surface area contributed by atoms with Crippen LogP contribution in [-0.2, 0) is 4.79 Å². The topological polar surface area (TPSA) is 51.2 Å². The van der Waals surface area contributed by atoms with E-state index in [4.69, 9.17) is 0 Å². The van der Waals surface area contributed by atoms with E-state index in [0.29, 0.717) is 47.1 Å². The van der Waals surface area contributed by atoms with E-state index < -0.39 is 0 Å². The van der Waals surface area contributed by atoms with Gasteiger partial charge >= 0.3 is 0 Å². The lowest BCUT2D eigenvalue weighted by Crippen LogP contribution is -2.28. The normalized spacial score (nSPS) is 17.1. The zero-order chi connectivity index (χ0) is 16.7. The summed E-state index contributed by atoms with van der Waals surface area (Å²) in [6, 6.07) is 6.83. The van der Waals surface area contributed by atoms with Gasteiger partial charge in [0.15, 0.2) is 17.3 Å². The molecule has 2 aliphatic rings. The molecular formula is C20H18O3. The molecule has 0 N–H and O–H groups in total. The zero-order valence-corrected chi connectivity index (χ0v) is 13.4. The first-order valence-corrected chi connectivity index (χ1v) is 7.71. The summed E-state index contributed by atoms with van der Waals surface area (Å²) in [5.74, 6) is -0.489. The van der Waals surface area contributed by atoms with Gasteiger partial charge < -0.3 is 0 Å². The molecule has 0 bridgehead atoms. The minimum atomic E-state index is -0.209. The van der Waals surface area contributed by atoms with Crippen molar-refractivity contribution in [1.29, 1.82) is 0 Å². The highest BCUT2D eigenvalue weighted by Gasteiger charge is 2.37. The average molecular weight is 306 g/mol. The Morgan fingerprint density at radius 3 is 2.22 bits per heavy atom. The highest BCUT2D eigenvalue weighted by Crippen LogP contribution is 2.40. The Morgan fingerprint density at radius 2 is 1.65 bits per heavy atom. The number of fused-ring (bicyclic) bond motifs is 1. The van der Waals surface area contributed by atoms with Gasteiger partial charge in [0.2, 0.25) is 0 Å². The molecule has 0 spiro atoms. The lowest BCUT2D eigenvalue weighted by molar-refractivity contribution is -0.113. The standard InChI is InChI=1S/C20H18O3/c1-11(2)10-13-8-9-16-18(17(13)12(3)21)20(23)15-7-5-4-6-14(15)19(16)22/h4-7H,1,8-10H2,2-3H3. The molecular weight excluding hydrogens is 288 g/mol. The largest absolute Gasteiger partial charge is 0.294 e. The number of carbonyl (C=O) groups excluding carboxylic acids is 3. The van der Waals surface area contributed by atoms with Crippen LogP contribution in [0.3, 0.4) is 0 Å². The van der Waals surface area contributed by atoms with Gasteiger partial charge in [0.05, 0.1) is 0 Å². The van der Waals surface area contributed by atoms with Gasteiger partial charge in [0.1, 0.15) is 0 Å². The van der Waals surface area contributed by atoms with Crippen LogP contribution in [-0.4, -0.2) is 17.3 Å². The summed E-state index contributed by atoms with van der Waals surface area (Å²) in [5, 5.41) is 0. The Kier molecular flexibility index (Phi) is 3.72. The number of benzene rings is 1. The smallest absolute Gasteiger partial charge is 0.194 e. The average Bonchev–Trinajstić information content (AvgIpc) is 2.51. The number of carbonyl (C=O) groups is 3. The lowest BCUT2D eigenvalue weighted by Gasteiger charge is -2.28. The van der Waals surface area contributed by atoms with E-state index in [1.165, 1.54) is 6.92 Å². The maximum atomic E-state index is 12.9. The van der Waals surface area contributed by atoms with E-state index in [9.17, 15) is 14.4 Å². The van der Waals surface area contributed by atoms with Crippen molar-refractivity contribution in [2.75, 3.05) is 0 Å². The van der Waals surface area contributed by atoms with E-state index in [1.807, 2.05) is 6.92 Å². The van der Waals surface area contributed by atoms with Crippen LogP contribution in [0.2, 0.25) is 0 Å². The van der Waals surface area contributed by atoms with Crippen LogP contribution in [0.5, 0.6) is 0 Å². The van der Waals surface area contributed by atoms with Gasteiger partial charge in [0, 0.05) is 27.8 Å². The van der Waals surface area contributed by atoms with Gasteiger partial charge in [-0.3, -0.25) is 14.4 Å². The third-order valence-electron chi connectivity index (χ3n) is 4.37. The van der Waals surface area contributed by atoms with Crippen LogP contribution >= 0.6 is 0 Å². The Morgan fingerprint density at radius 1 is 1.04 bits per heavy atom. The first-order valence-electron chi connectivity index (χ1n) is 7.71. The second-order valence-electron chi connectivity index (χ2n) is 6.23. The second-order valence-corrected chi connectivity index (χ2v) is 6.23. The van der Waals surface area contributed by atoms with E-state index in [1.54, 1.807) is 24.3 Å². The van der Waals surface area contributed by atoms with Crippen molar-refractivity contribution >= 4 is 17.3 Å². The zero-order valence-electron chi connectivity index (χ0n) is 13.4. The number of hydrogen-bond acceptors (Lipinski definition) is 3. The Balaban J connectivity index is 2.24. The molecule has 1 aromatic rings. The van der Waals surface area contributed by atoms with Crippen molar-refractivity contribution in [2.45, 2.75) is 33.1 Å². The summed E-state index contributed by atoms with van der Waals surface area (Å²) >= 11 is 0. The number of Topliss-reactive ketones (excluding diaryl/α,β-unsaturated/α-hetero) is 3. The molecule has 0 aliphatic heterocycles. The molecule has 3 rings (SSSR count). The molecule has 0 unspecified atom stereocenters. The summed E-state index contributed by atoms with van der Waals surface area (Å²) in [5.41, 5.74) is 3.95. The monoisotopic (exact) mass is 306 g/mol. The molecule has 0 saturated heterocycles. The van der Waals surface area contributed by atoms with Gasteiger partial charge in [-0.25, -0.2) is 0 Å². The van der Waals surface area contributed by atoms with E-state index in [2.05, 4.69) is 6.58 Å². The molecule has 3 heteroatoms. The summed E-state index contributed by atoms with van der Waals surface area (Å²) in [6.45, 7) is 7.26. The van der Waals surface area contributed by atoms with Crippen LogP contribution in [0.25, 0.3) is 0 Å². The van der Waals surface area contributed by atoms with Crippen LogP contribution in [0.1, 0.15) is 53.8 Å². The van der Waals surface area contributed by atoms with Crippen LogP contribution < -0.4 is 0 Å². The van der Waals surface area contributed by atoms with Crippen LogP contribution in [0.15, 0.2) is 58.7 Å². The number of allylic oxidation sites excluding steroid dienone is 5. The molecule has 116 valence electrons. The Hall–Kier alpha value is -2.55. The summed E-state index contributed by atoms with van der Waals surface area (Å²) in [4.78, 5) is 37.9. The van der Waals surface area contributed by atoms with E-state index in [-0.39, 0.29) is 17.3 Å². The molecule has 0 amide bonds. The quantitative estimate of drug-likeness (QED) is 0.793. The molecule has 3 nitrogen and oxygen atoms in total. The highest BCUT2D eigenvalue weighted by atomic mass is 16.1. The number of hydrogen-bond donors (Lipinski definition) is 0. The predicted molar refractivity (Wildman–Crippen MR) is 88.5 cm³/mol. The Labute approximate surface area is 135 Å². The van der Waals surface area contributed by atoms with E-state index in [0.717, 1.165) is 11.1 Å². The molecule has 1 aromatic carbocycles. The van der Waals surface area contributed by atoms with Crippen molar-refractivity contribution in [3.05, 3.63) is 69.8 Å². The van der Waals surface area contributed by atoms with Gasteiger partial charge in [-0.1, -0.05) is 42.0 Å². The third-order valence-corrected chi connectivity index (χ3v) is 4.37. The van der Waals surface area contributed by atoms with E-state index >= 15 is 0 Å². The highest BCUT2D eigenvalue weighted by molar-refractivity contribution is 6.31. The molecule has 0 atom stereocenters. The van der Waals surface area contributed by atoms with Gasteiger partial charge in [-0.15, -0.1) is 0 Å². The third kappa shape index (κ3) is 2.42. The maximum Gasteiger partial charge on any atom is 0.194 e. The fourth-order valence-electron chi connectivity index (χ4n) is 3.47. The summed E-state index contributed by atoms with van der Waals surface area (Å²) in [6.07, 6.45) is 1.73. The van der Waals surface area contributed by atoms with Crippen molar-refractivity contribution in [3.63, 3.8) is 0 Å². The molecule has 0 radical (unpaired) electrons. The number of rotatable bonds is 3. The second kappa shape index (κ2) is 5.58. The van der Waals surface area contributed by atoms with Crippen molar-refractivity contribution < 1.29 is 14.4 Å². The van der Waals surface area contributed by atoms with Crippen molar-refractivity contribution in [2.24, 2.45) is 0 Å². The first-order chi connectivity index (χ1) is 10.9. The minimum Gasteiger partial charge on any atom is -0.294 e. The first kappa shape index (κ1) is 15.3. The Bertz CT molecular complexity index is 834. The summed E-state index contributed by atoms with van der Waals surface area (Å²) < 4.78 is 0. The molecule has 0 fully saturated rings. The molecule has 23 heavy (non-hydrogen) atoms. The molecule has 0 heterocycles. The minimum absolute atomic E-state index is 0.122.